The molecule has 0 aliphatic rings. The Labute approximate surface area is 116 Å². The maximum Gasteiger partial charge on any atom is 0.138 e. The van der Waals surface area contributed by atoms with Crippen LogP contribution in [0.4, 0.5) is 5.69 Å². The van der Waals surface area contributed by atoms with Gasteiger partial charge >= 0.3 is 0 Å². The van der Waals surface area contributed by atoms with E-state index in [1.54, 1.807) is 17.5 Å². The second-order valence-electron chi connectivity index (χ2n) is 4.09. The number of anilines is 1. The topological polar surface area (TPSA) is 34.1 Å². The van der Waals surface area contributed by atoms with E-state index in [1.807, 2.05) is 37.4 Å². The number of hydrogen-bond acceptors (Lipinski definition) is 4. The molecule has 0 saturated carbocycles. The number of benzene rings is 1. The molecule has 0 atom stereocenters. The third kappa shape index (κ3) is 3.62. The van der Waals surface area contributed by atoms with Crippen LogP contribution in [0.15, 0.2) is 29.8 Å². The van der Waals surface area contributed by atoms with E-state index in [9.17, 15) is 0 Å². The van der Waals surface area contributed by atoms with Crippen molar-refractivity contribution in [1.82, 2.24) is 4.98 Å². The molecule has 0 radical (unpaired) electrons. The summed E-state index contributed by atoms with van der Waals surface area (Å²) in [5.74, 6) is 0.714. The number of ether oxygens (including phenoxy) is 1. The summed E-state index contributed by atoms with van der Waals surface area (Å²) >= 11 is 7.78. The van der Waals surface area contributed by atoms with Crippen LogP contribution in [0.2, 0.25) is 5.02 Å². The van der Waals surface area contributed by atoms with Gasteiger partial charge in [0.05, 0.1) is 17.7 Å². The van der Waals surface area contributed by atoms with Crippen molar-refractivity contribution in [2.75, 3.05) is 5.32 Å². The third-order valence-corrected chi connectivity index (χ3v) is 3.30. The Balaban J connectivity index is 2.00. The summed E-state index contributed by atoms with van der Waals surface area (Å²) in [5.41, 5.74) is 0.964. The van der Waals surface area contributed by atoms with Gasteiger partial charge in [0.15, 0.2) is 0 Å². The summed E-state index contributed by atoms with van der Waals surface area (Å²) in [6.07, 6.45) is 1.92. The minimum absolute atomic E-state index is 0.122. The van der Waals surface area contributed by atoms with Gasteiger partial charge < -0.3 is 10.1 Å². The summed E-state index contributed by atoms with van der Waals surface area (Å²) in [7, 11) is 0. The zero-order valence-corrected chi connectivity index (χ0v) is 11.9. The molecule has 1 aromatic carbocycles. The largest absolute Gasteiger partial charge is 0.489 e. The standard InChI is InChI=1S/C13H15ClN2OS/c1-9(2)17-12-4-3-10(7-11(12)14)16-8-13-15-5-6-18-13/h3-7,9,16H,8H2,1-2H3. The summed E-state index contributed by atoms with van der Waals surface area (Å²) in [5, 5.41) is 6.91. The predicted molar refractivity (Wildman–Crippen MR) is 76.7 cm³/mol. The van der Waals surface area contributed by atoms with Crippen molar-refractivity contribution in [3.63, 3.8) is 0 Å². The zero-order valence-electron chi connectivity index (χ0n) is 10.3. The highest BCUT2D eigenvalue weighted by Gasteiger charge is 2.05. The van der Waals surface area contributed by atoms with E-state index in [-0.39, 0.29) is 6.10 Å². The van der Waals surface area contributed by atoms with E-state index < -0.39 is 0 Å². The Kier molecular flexibility index (Phi) is 4.44. The molecule has 0 aliphatic carbocycles. The Morgan fingerprint density at radius 3 is 2.89 bits per heavy atom. The van der Waals surface area contributed by atoms with Crippen LogP contribution in [0, 0.1) is 0 Å². The average molecular weight is 283 g/mol. The van der Waals surface area contributed by atoms with Crippen molar-refractivity contribution in [1.29, 1.82) is 0 Å². The lowest BCUT2D eigenvalue weighted by Crippen LogP contribution is -2.06. The van der Waals surface area contributed by atoms with Crippen LogP contribution in [0.3, 0.4) is 0 Å². The lowest BCUT2D eigenvalue weighted by atomic mass is 10.3. The predicted octanol–water partition coefficient (Wildman–Crippen LogP) is 4.20. The molecule has 0 amide bonds. The second-order valence-corrected chi connectivity index (χ2v) is 5.48. The van der Waals surface area contributed by atoms with Gasteiger partial charge in [0.2, 0.25) is 0 Å². The normalized spacial score (nSPS) is 10.7. The number of thiazole rings is 1. The van der Waals surface area contributed by atoms with Gasteiger partial charge in [-0.2, -0.15) is 0 Å². The maximum absolute atomic E-state index is 6.16. The minimum atomic E-state index is 0.122. The van der Waals surface area contributed by atoms with Gasteiger partial charge in [-0.1, -0.05) is 11.6 Å². The molecule has 0 fully saturated rings. The van der Waals surface area contributed by atoms with E-state index in [0.717, 1.165) is 10.7 Å². The zero-order chi connectivity index (χ0) is 13.0. The van der Waals surface area contributed by atoms with Crippen LogP contribution in [0.25, 0.3) is 0 Å². The molecule has 96 valence electrons. The second kappa shape index (κ2) is 6.07. The van der Waals surface area contributed by atoms with E-state index in [2.05, 4.69) is 10.3 Å². The van der Waals surface area contributed by atoms with Crippen molar-refractivity contribution in [3.05, 3.63) is 39.8 Å². The molecule has 2 rings (SSSR count). The van der Waals surface area contributed by atoms with Gasteiger partial charge in [0.1, 0.15) is 10.8 Å². The lowest BCUT2D eigenvalue weighted by Gasteiger charge is -2.12. The summed E-state index contributed by atoms with van der Waals surface area (Å²) in [4.78, 5) is 4.21. The van der Waals surface area contributed by atoms with Crippen molar-refractivity contribution in [3.8, 4) is 5.75 Å². The highest BCUT2D eigenvalue weighted by atomic mass is 35.5. The smallest absolute Gasteiger partial charge is 0.138 e. The number of halogens is 1. The monoisotopic (exact) mass is 282 g/mol. The van der Waals surface area contributed by atoms with Gasteiger partial charge in [-0.15, -0.1) is 11.3 Å². The Hall–Kier alpha value is -1.26. The maximum atomic E-state index is 6.16. The molecular weight excluding hydrogens is 268 g/mol. The highest BCUT2D eigenvalue weighted by molar-refractivity contribution is 7.09. The van der Waals surface area contributed by atoms with Crippen molar-refractivity contribution in [2.24, 2.45) is 0 Å². The van der Waals surface area contributed by atoms with Crippen LogP contribution in [0.1, 0.15) is 18.9 Å². The van der Waals surface area contributed by atoms with E-state index in [4.69, 9.17) is 16.3 Å². The lowest BCUT2D eigenvalue weighted by molar-refractivity contribution is 0.242. The number of rotatable bonds is 5. The third-order valence-electron chi connectivity index (χ3n) is 2.22. The molecule has 1 heterocycles. The van der Waals surface area contributed by atoms with E-state index in [0.29, 0.717) is 17.3 Å². The molecule has 5 heteroatoms. The Bertz CT molecular complexity index is 500. The van der Waals surface area contributed by atoms with Gasteiger partial charge in [-0.3, -0.25) is 0 Å². The molecule has 0 saturated heterocycles. The van der Waals surface area contributed by atoms with Gasteiger partial charge in [0, 0.05) is 17.3 Å². The molecule has 1 aromatic heterocycles. The first kappa shape index (κ1) is 13.2. The highest BCUT2D eigenvalue weighted by Crippen LogP contribution is 2.28. The van der Waals surface area contributed by atoms with Crippen LogP contribution in [-0.4, -0.2) is 11.1 Å². The first-order valence-corrected chi connectivity index (χ1v) is 6.99. The van der Waals surface area contributed by atoms with Gasteiger partial charge in [-0.05, 0) is 32.0 Å². The van der Waals surface area contributed by atoms with Gasteiger partial charge in [-0.25, -0.2) is 4.98 Å². The van der Waals surface area contributed by atoms with Crippen LogP contribution in [-0.2, 0) is 6.54 Å². The number of aromatic nitrogens is 1. The molecule has 3 nitrogen and oxygen atoms in total. The molecule has 0 aliphatic heterocycles. The number of nitrogens with one attached hydrogen (secondary N) is 1. The molecule has 0 bridgehead atoms. The quantitative estimate of drug-likeness (QED) is 0.893. The molecule has 0 unspecified atom stereocenters. The first-order valence-electron chi connectivity index (χ1n) is 5.73. The van der Waals surface area contributed by atoms with Crippen LogP contribution >= 0.6 is 22.9 Å². The summed E-state index contributed by atoms with van der Waals surface area (Å²) < 4.78 is 5.58. The van der Waals surface area contributed by atoms with Crippen molar-refractivity contribution < 1.29 is 4.74 Å². The van der Waals surface area contributed by atoms with E-state index in [1.165, 1.54) is 0 Å². The van der Waals surface area contributed by atoms with Crippen molar-refractivity contribution in [2.45, 2.75) is 26.5 Å². The first-order chi connectivity index (χ1) is 8.65. The van der Waals surface area contributed by atoms with Crippen molar-refractivity contribution >= 4 is 28.6 Å². The van der Waals surface area contributed by atoms with E-state index >= 15 is 0 Å². The number of hydrogen-bond donors (Lipinski definition) is 1. The SMILES string of the molecule is CC(C)Oc1ccc(NCc2nccs2)cc1Cl. The molecule has 0 spiro atoms. The molecule has 1 N–H and O–H groups in total. The molecular formula is C13H15ClN2OS. The fourth-order valence-electron chi connectivity index (χ4n) is 1.48. The van der Waals surface area contributed by atoms with Crippen LogP contribution < -0.4 is 10.1 Å². The fourth-order valence-corrected chi connectivity index (χ4v) is 2.26. The Morgan fingerprint density at radius 1 is 1.44 bits per heavy atom. The molecule has 2 aromatic rings. The molecule has 18 heavy (non-hydrogen) atoms. The summed E-state index contributed by atoms with van der Waals surface area (Å²) in [6.45, 7) is 4.66. The van der Waals surface area contributed by atoms with Crippen LogP contribution in [0.5, 0.6) is 5.75 Å². The fraction of sp³-hybridized carbons (Fsp3) is 0.308. The number of nitrogens with zero attached hydrogens (tertiary/aromatic N) is 1. The average Bonchev–Trinajstić information content (AvgIpc) is 2.82. The van der Waals surface area contributed by atoms with Gasteiger partial charge in [0.25, 0.3) is 0 Å². The Morgan fingerprint density at radius 2 is 2.28 bits per heavy atom. The minimum Gasteiger partial charge on any atom is -0.489 e. The summed E-state index contributed by atoms with van der Waals surface area (Å²) in [6, 6.07) is 5.70.